The van der Waals surface area contributed by atoms with Gasteiger partial charge in [-0.3, -0.25) is 14.5 Å². The maximum Gasteiger partial charge on any atom is 0.244 e. The second kappa shape index (κ2) is 8.67. The summed E-state index contributed by atoms with van der Waals surface area (Å²) in [4.78, 5) is 30.9. The summed E-state index contributed by atoms with van der Waals surface area (Å²) in [6, 6.07) is 15.1. The van der Waals surface area contributed by atoms with Crippen LogP contribution in [0.5, 0.6) is 5.75 Å². The lowest BCUT2D eigenvalue weighted by Gasteiger charge is -2.16. The first-order valence-electron chi connectivity index (χ1n) is 9.15. The van der Waals surface area contributed by atoms with Crippen molar-refractivity contribution in [2.24, 2.45) is 0 Å². The zero-order chi connectivity index (χ0) is 20.2. The van der Waals surface area contributed by atoms with Gasteiger partial charge in [-0.2, -0.15) is 0 Å². The molecule has 2 heterocycles. The number of para-hydroxylation sites is 1. The van der Waals surface area contributed by atoms with Crippen molar-refractivity contribution in [3.63, 3.8) is 0 Å². The fourth-order valence-electron chi connectivity index (χ4n) is 2.90. The minimum Gasteiger partial charge on any atom is -0.494 e. The van der Waals surface area contributed by atoms with Crippen LogP contribution in [0.3, 0.4) is 0 Å². The third-order valence-corrected chi connectivity index (χ3v) is 6.23. The molecular formula is C21H19N3O3S2. The molecule has 3 aromatic rings. The van der Waals surface area contributed by atoms with Gasteiger partial charge < -0.3 is 10.1 Å². The molecule has 1 fully saturated rings. The van der Waals surface area contributed by atoms with Gasteiger partial charge in [0, 0.05) is 11.8 Å². The molecule has 1 aliphatic heterocycles. The summed E-state index contributed by atoms with van der Waals surface area (Å²) >= 11 is 2.99. The molecular weight excluding hydrogens is 406 g/mol. The van der Waals surface area contributed by atoms with Crippen molar-refractivity contribution >= 4 is 56.9 Å². The molecule has 4 rings (SSSR count). The van der Waals surface area contributed by atoms with Crippen LogP contribution < -0.4 is 10.1 Å². The van der Waals surface area contributed by atoms with E-state index in [0.717, 1.165) is 26.0 Å². The number of carbonyl (C=O) groups is 2. The molecule has 1 saturated heterocycles. The maximum absolute atomic E-state index is 12.5. The number of aromatic nitrogens is 1. The first kappa shape index (κ1) is 19.5. The number of ether oxygens (including phenoxy) is 1. The number of anilines is 1. The van der Waals surface area contributed by atoms with Gasteiger partial charge in [-0.15, -0.1) is 11.3 Å². The molecule has 8 heteroatoms. The van der Waals surface area contributed by atoms with E-state index >= 15 is 0 Å². The normalized spacial score (nSPS) is 15.3. The molecule has 1 aliphatic rings. The van der Waals surface area contributed by atoms with Crippen molar-refractivity contribution in [2.45, 2.75) is 6.92 Å². The molecule has 0 bridgehead atoms. The Hall–Kier alpha value is -2.84. The standard InChI is InChI=1S/C21H19N3O3S2/c1-2-27-15-9-7-14(8-10-15)22-18(25)12-24-20(26)13-28-21(24)11-19-23-16-5-3-4-6-17(16)29-19/h3-11H,2,12-13H2,1H3,(H,22,25)/b21-11+. The molecule has 29 heavy (non-hydrogen) atoms. The highest BCUT2D eigenvalue weighted by Gasteiger charge is 2.28. The zero-order valence-corrected chi connectivity index (χ0v) is 17.4. The van der Waals surface area contributed by atoms with E-state index in [2.05, 4.69) is 10.3 Å². The average molecular weight is 426 g/mol. The average Bonchev–Trinajstić information content (AvgIpc) is 3.27. The third-order valence-electron chi connectivity index (χ3n) is 4.22. The Balaban J connectivity index is 1.45. The summed E-state index contributed by atoms with van der Waals surface area (Å²) in [5, 5.41) is 4.39. The van der Waals surface area contributed by atoms with Crippen LogP contribution in [0.25, 0.3) is 16.3 Å². The Morgan fingerprint density at radius 1 is 1.24 bits per heavy atom. The van der Waals surface area contributed by atoms with Crippen molar-refractivity contribution in [3.05, 3.63) is 58.6 Å². The fourth-order valence-corrected chi connectivity index (χ4v) is 4.83. The van der Waals surface area contributed by atoms with Crippen LogP contribution in [-0.4, -0.2) is 40.6 Å². The Morgan fingerprint density at radius 3 is 2.79 bits per heavy atom. The number of carbonyl (C=O) groups excluding carboxylic acids is 2. The Kier molecular flexibility index (Phi) is 5.82. The van der Waals surface area contributed by atoms with E-state index in [9.17, 15) is 9.59 Å². The van der Waals surface area contributed by atoms with Gasteiger partial charge in [0.2, 0.25) is 11.8 Å². The van der Waals surface area contributed by atoms with Crippen LogP contribution in [-0.2, 0) is 9.59 Å². The predicted molar refractivity (Wildman–Crippen MR) is 118 cm³/mol. The number of hydrogen-bond donors (Lipinski definition) is 1. The van der Waals surface area contributed by atoms with Crippen LogP contribution in [0, 0.1) is 0 Å². The molecule has 0 atom stereocenters. The van der Waals surface area contributed by atoms with Crippen LogP contribution in [0.4, 0.5) is 5.69 Å². The minimum absolute atomic E-state index is 0.0320. The third kappa shape index (κ3) is 4.60. The molecule has 0 spiro atoms. The maximum atomic E-state index is 12.5. The number of nitrogens with one attached hydrogen (secondary N) is 1. The summed E-state index contributed by atoms with van der Waals surface area (Å²) in [6.07, 6.45) is 1.88. The molecule has 148 valence electrons. The largest absolute Gasteiger partial charge is 0.494 e. The lowest BCUT2D eigenvalue weighted by Crippen LogP contribution is -2.33. The molecule has 1 aromatic heterocycles. The minimum atomic E-state index is -0.250. The van der Waals surface area contributed by atoms with Crippen LogP contribution >= 0.6 is 23.1 Å². The quantitative estimate of drug-likeness (QED) is 0.641. The van der Waals surface area contributed by atoms with Gasteiger partial charge in [0.15, 0.2) is 0 Å². The van der Waals surface area contributed by atoms with Gasteiger partial charge in [-0.05, 0) is 43.3 Å². The number of rotatable bonds is 6. The highest BCUT2D eigenvalue weighted by Crippen LogP contribution is 2.32. The van der Waals surface area contributed by atoms with Crippen molar-refractivity contribution < 1.29 is 14.3 Å². The number of nitrogens with zero attached hydrogens (tertiary/aromatic N) is 2. The molecule has 6 nitrogen and oxygen atoms in total. The Labute approximate surface area is 176 Å². The van der Waals surface area contributed by atoms with E-state index < -0.39 is 0 Å². The summed E-state index contributed by atoms with van der Waals surface area (Å²) < 4.78 is 6.49. The monoisotopic (exact) mass is 425 g/mol. The summed E-state index contributed by atoms with van der Waals surface area (Å²) in [5.41, 5.74) is 1.59. The number of amides is 2. The first-order chi connectivity index (χ1) is 14.1. The van der Waals surface area contributed by atoms with Crippen molar-refractivity contribution in [1.82, 2.24) is 9.88 Å². The van der Waals surface area contributed by atoms with Gasteiger partial charge in [-0.25, -0.2) is 4.98 Å². The lowest BCUT2D eigenvalue weighted by atomic mass is 10.3. The van der Waals surface area contributed by atoms with E-state index in [1.165, 1.54) is 16.7 Å². The van der Waals surface area contributed by atoms with Crippen molar-refractivity contribution in [3.8, 4) is 5.75 Å². The molecule has 0 unspecified atom stereocenters. The van der Waals surface area contributed by atoms with Crippen LogP contribution in [0.15, 0.2) is 53.6 Å². The lowest BCUT2D eigenvalue weighted by molar-refractivity contribution is -0.129. The van der Waals surface area contributed by atoms with Crippen molar-refractivity contribution in [2.75, 3.05) is 24.2 Å². The smallest absolute Gasteiger partial charge is 0.244 e. The predicted octanol–water partition coefficient (Wildman–Crippen LogP) is 4.21. The van der Waals surface area contributed by atoms with E-state index in [0.29, 0.717) is 18.0 Å². The molecule has 0 saturated carbocycles. The van der Waals surface area contributed by atoms with E-state index in [1.807, 2.05) is 37.3 Å². The molecule has 2 aromatic carbocycles. The Morgan fingerprint density at radius 2 is 2.03 bits per heavy atom. The van der Waals surface area contributed by atoms with Gasteiger partial charge in [0.1, 0.15) is 17.3 Å². The SMILES string of the molecule is CCOc1ccc(NC(=O)CN2C(=O)CS/C2=C/c2nc3ccccc3s2)cc1. The highest BCUT2D eigenvalue weighted by atomic mass is 32.2. The van der Waals surface area contributed by atoms with Crippen molar-refractivity contribution in [1.29, 1.82) is 0 Å². The van der Waals surface area contributed by atoms with E-state index in [-0.39, 0.29) is 18.4 Å². The van der Waals surface area contributed by atoms with Crippen LogP contribution in [0.1, 0.15) is 11.9 Å². The number of benzene rings is 2. The molecule has 1 N–H and O–H groups in total. The summed E-state index contributed by atoms with van der Waals surface area (Å²) in [6.45, 7) is 2.47. The highest BCUT2D eigenvalue weighted by molar-refractivity contribution is 8.04. The first-order valence-corrected chi connectivity index (χ1v) is 11.0. The van der Waals surface area contributed by atoms with E-state index in [1.54, 1.807) is 35.6 Å². The number of hydrogen-bond acceptors (Lipinski definition) is 6. The van der Waals surface area contributed by atoms with Gasteiger partial charge in [0.25, 0.3) is 0 Å². The number of thioether (sulfide) groups is 1. The topological polar surface area (TPSA) is 71.5 Å². The summed E-state index contributed by atoms with van der Waals surface area (Å²) in [5.74, 6) is 0.745. The molecule has 0 aliphatic carbocycles. The second-order valence-electron chi connectivity index (χ2n) is 6.28. The van der Waals surface area contributed by atoms with E-state index in [4.69, 9.17) is 4.74 Å². The second-order valence-corrected chi connectivity index (χ2v) is 8.33. The van der Waals surface area contributed by atoms with Gasteiger partial charge in [-0.1, -0.05) is 23.9 Å². The number of thiazole rings is 1. The Bertz CT molecular complexity index is 1040. The number of fused-ring (bicyclic) bond motifs is 1. The van der Waals surface area contributed by atoms with Crippen LogP contribution in [0.2, 0.25) is 0 Å². The fraction of sp³-hybridized carbons (Fsp3) is 0.190. The molecule has 2 amide bonds. The van der Waals surface area contributed by atoms with Gasteiger partial charge >= 0.3 is 0 Å². The summed E-state index contributed by atoms with van der Waals surface area (Å²) in [7, 11) is 0. The molecule has 0 radical (unpaired) electrons. The van der Waals surface area contributed by atoms with Gasteiger partial charge in [0.05, 0.1) is 27.6 Å². The zero-order valence-electron chi connectivity index (χ0n) is 15.8.